The molecule has 0 saturated heterocycles. The second-order valence-electron chi connectivity index (χ2n) is 5.27. The van der Waals surface area contributed by atoms with Gasteiger partial charge in [0, 0.05) is 11.7 Å². The molecule has 1 aliphatic carbocycles. The number of rotatable bonds is 5. The predicted octanol–water partition coefficient (Wildman–Crippen LogP) is 2.32. The quantitative estimate of drug-likeness (QED) is 0.868. The highest BCUT2D eigenvalue weighted by atomic mass is 19.1. The number of carbonyl (C=O) groups is 2. The van der Waals surface area contributed by atoms with Crippen LogP contribution in [0.3, 0.4) is 0 Å². The normalized spacial score (nSPS) is 21.9. The van der Waals surface area contributed by atoms with Gasteiger partial charge in [-0.2, -0.15) is 0 Å². The molecule has 0 bridgehead atoms. The maximum atomic E-state index is 13.0. The molecule has 0 radical (unpaired) electrons. The molecule has 108 valence electrons. The summed E-state index contributed by atoms with van der Waals surface area (Å²) in [6.45, 7) is 3.92. The lowest BCUT2D eigenvalue weighted by molar-refractivity contribution is -0.125. The first kappa shape index (κ1) is 14.5. The summed E-state index contributed by atoms with van der Waals surface area (Å²) in [5, 5.41) is 5.51. The van der Waals surface area contributed by atoms with E-state index in [1.54, 1.807) is 6.07 Å². The number of amides is 2. The van der Waals surface area contributed by atoms with Crippen molar-refractivity contribution in [1.29, 1.82) is 0 Å². The molecular formula is C15H19FN2O2. The van der Waals surface area contributed by atoms with Gasteiger partial charge in [-0.05, 0) is 38.0 Å². The number of anilines is 1. The molecule has 5 heteroatoms. The third-order valence-corrected chi connectivity index (χ3v) is 3.56. The van der Waals surface area contributed by atoms with Crippen LogP contribution in [0.4, 0.5) is 10.1 Å². The lowest BCUT2D eigenvalue weighted by Crippen LogP contribution is -2.34. The minimum absolute atomic E-state index is 0.0706. The Labute approximate surface area is 117 Å². The van der Waals surface area contributed by atoms with E-state index in [-0.39, 0.29) is 29.7 Å². The molecule has 2 rings (SSSR count). The second kappa shape index (κ2) is 6.03. The van der Waals surface area contributed by atoms with E-state index in [0.717, 1.165) is 6.42 Å². The number of carbonyl (C=O) groups excluding carboxylic acids is 2. The maximum Gasteiger partial charge on any atom is 0.228 e. The molecule has 0 heterocycles. The third kappa shape index (κ3) is 3.56. The van der Waals surface area contributed by atoms with Crippen LogP contribution in [-0.2, 0) is 9.59 Å². The first-order valence-corrected chi connectivity index (χ1v) is 6.88. The van der Waals surface area contributed by atoms with Crippen LogP contribution >= 0.6 is 0 Å². The Hall–Kier alpha value is -1.91. The molecule has 3 unspecified atom stereocenters. The Morgan fingerprint density at radius 3 is 2.70 bits per heavy atom. The number of benzene rings is 1. The van der Waals surface area contributed by atoms with E-state index < -0.39 is 5.82 Å². The zero-order valence-electron chi connectivity index (χ0n) is 11.7. The molecule has 1 aromatic carbocycles. The monoisotopic (exact) mass is 278 g/mol. The summed E-state index contributed by atoms with van der Waals surface area (Å²) in [5.41, 5.74) is 0.419. The summed E-state index contributed by atoms with van der Waals surface area (Å²) >= 11 is 0. The summed E-state index contributed by atoms with van der Waals surface area (Å²) in [6, 6.07) is 5.85. The van der Waals surface area contributed by atoms with Crippen molar-refractivity contribution >= 4 is 17.5 Å². The molecule has 4 nitrogen and oxygen atoms in total. The SMILES string of the molecule is CCC(C)NC(=O)C1CC1C(=O)Nc1cccc(F)c1. The molecular weight excluding hydrogens is 259 g/mol. The van der Waals surface area contributed by atoms with Crippen molar-refractivity contribution in [3.05, 3.63) is 30.1 Å². The second-order valence-corrected chi connectivity index (χ2v) is 5.27. The van der Waals surface area contributed by atoms with Crippen LogP contribution in [-0.4, -0.2) is 17.9 Å². The van der Waals surface area contributed by atoms with Crippen molar-refractivity contribution in [2.75, 3.05) is 5.32 Å². The van der Waals surface area contributed by atoms with Crippen molar-refractivity contribution in [2.24, 2.45) is 11.8 Å². The Morgan fingerprint density at radius 2 is 2.05 bits per heavy atom. The van der Waals surface area contributed by atoms with E-state index in [1.165, 1.54) is 18.2 Å². The minimum atomic E-state index is -0.398. The lowest BCUT2D eigenvalue weighted by Gasteiger charge is -2.11. The van der Waals surface area contributed by atoms with Gasteiger partial charge in [-0.25, -0.2) is 4.39 Å². The molecule has 0 aromatic heterocycles. The summed E-state index contributed by atoms with van der Waals surface area (Å²) < 4.78 is 13.0. The molecule has 0 aliphatic heterocycles. The summed E-state index contributed by atoms with van der Waals surface area (Å²) in [5.74, 6) is -1.25. The van der Waals surface area contributed by atoms with Gasteiger partial charge in [0.15, 0.2) is 0 Å². The van der Waals surface area contributed by atoms with Gasteiger partial charge in [0.1, 0.15) is 5.82 Å². The molecule has 2 amide bonds. The van der Waals surface area contributed by atoms with Crippen LogP contribution in [0.1, 0.15) is 26.7 Å². The van der Waals surface area contributed by atoms with E-state index in [2.05, 4.69) is 10.6 Å². The topological polar surface area (TPSA) is 58.2 Å². The molecule has 20 heavy (non-hydrogen) atoms. The molecule has 1 aromatic rings. The Balaban J connectivity index is 1.85. The van der Waals surface area contributed by atoms with Crippen LogP contribution in [0, 0.1) is 17.7 Å². The lowest BCUT2D eigenvalue weighted by atomic mass is 10.2. The number of hydrogen-bond donors (Lipinski definition) is 2. The van der Waals surface area contributed by atoms with Crippen molar-refractivity contribution in [3.63, 3.8) is 0 Å². The Kier molecular flexibility index (Phi) is 4.37. The van der Waals surface area contributed by atoms with Crippen LogP contribution in [0.2, 0.25) is 0 Å². The zero-order valence-corrected chi connectivity index (χ0v) is 11.7. The summed E-state index contributed by atoms with van der Waals surface area (Å²) in [4.78, 5) is 23.8. The van der Waals surface area contributed by atoms with Crippen molar-refractivity contribution in [2.45, 2.75) is 32.7 Å². The summed E-state index contributed by atoms with van der Waals surface area (Å²) in [7, 11) is 0. The Bertz CT molecular complexity index is 518. The molecule has 3 atom stereocenters. The smallest absolute Gasteiger partial charge is 0.228 e. The first-order chi connectivity index (χ1) is 9.51. The van der Waals surface area contributed by atoms with Gasteiger partial charge in [-0.3, -0.25) is 9.59 Å². The predicted molar refractivity (Wildman–Crippen MR) is 74.5 cm³/mol. The minimum Gasteiger partial charge on any atom is -0.353 e. The van der Waals surface area contributed by atoms with E-state index in [4.69, 9.17) is 0 Å². The number of halogens is 1. The average Bonchev–Trinajstić information content (AvgIpc) is 3.18. The van der Waals surface area contributed by atoms with E-state index in [9.17, 15) is 14.0 Å². The standard InChI is InChI=1S/C15H19FN2O2/c1-3-9(2)17-14(19)12-8-13(12)15(20)18-11-6-4-5-10(16)7-11/h4-7,9,12-13H,3,8H2,1-2H3,(H,17,19)(H,18,20). The van der Waals surface area contributed by atoms with Crippen molar-refractivity contribution < 1.29 is 14.0 Å². The van der Waals surface area contributed by atoms with Crippen molar-refractivity contribution in [1.82, 2.24) is 5.32 Å². The summed E-state index contributed by atoms with van der Waals surface area (Å²) in [6.07, 6.45) is 1.42. The fraction of sp³-hybridized carbons (Fsp3) is 0.467. The van der Waals surface area contributed by atoms with Gasteiger partial charge < -0.3 is 10.6 Å². The number of hydrogen-bond acceptors (Lipinski definition) is 2. The molecule has 1 saturated carbocycles. The van der Waals surface area contributed by atoms with Crippen LogP contribution in [0.5, 0.6) is 0 Å². The van der Waals surface area contributed by atoms with E-state index >= 15 is 0 Å². The van der Waals surface area contributed by atoms with Gasteiger partial charge in [-0.15, -0.1) is 0 Å². The maximum absolute atomic E-state index is 13.0. The fourth-order valence-corrected chi connectivity index (χ4v) is 2.03. The first-order valence-electron chi connectivity index (χ1n) is 6.88. The molecule has 1 fully saturated rings. The van der Waals surface area contributed by atoms with Gasteiger partial charge >= 0.3 is 0 Å². The Morgan fingerprint density at radius 1 is 1.35 bits per heavy atom. The molecule has 2 N–H and O–H groups in total. The average molecular weight is 278 g/mol. The van der Waals surface area contributed by atoms with Crippen LogP contribution < -0.4 is 10.6 Å². The van der Waals surface area contributed by atoms with Gasteiger partial charge in [0.25, 0.3) is 0 Å². The zero-order chi connectivity index (χ0) is 14.7. The third-order valence-electron chi connectivity index (χ3n) is 3.56. The fourth-order valence-electron chi connectivity index (χ4n) is 2.03. The molecule has 0 spiro atoms. The highest BCUT2D eigenvalue weighted by Crippen LogP contribution is 2.39. The van der Waals surface area contributed by atoms with Gasteiger partial charge in [0.05, 0.1) is 11.8 Å². The van der Waals surface area contributed by atoms with E-state index in [0.29, 0.717) is 12.1 Å². The largest absolute Gasteiger partial charge is 0.353 e. The van der Waals surface area contributed by atoms with Gasteiger partial charge in [0.2, 0.25) is 11.8 Å². The highest BCUT2D eigenvalue weighted by molar-refractivity contribution is 5.99. The highest BCUT2D eigenvalue weighted by Gasteiger charge is 2.48. The van der Waals surface area contributed by atoms with Crippen LogP contribution in [0.15, 0.2) is 24.3 Å². The van der Waals surface area contributed by atoms with Gasteiger partial charge in [-0.1, -0.05) is 13.0 Å². The van der Waals surface area contributed by atoms with Crippen molar-refractivity contribution in [3.8, 4) is 0 Å². The molecule has 1 aliphatic rings. The van der Waals surface area contributed by atoms with Crippen LogP contribution in [0.25, 0.3) is 0 Å². The number of nitrogens with one attached hydrogen (secondary N) is 2. The van der Waals surface area contributed by atoms with E-state index in [1.807, 2.05) is 13.8 Å².